The molecule has 0 saturated carbocycles. The largest absolute Gasteiger partial charge is 0.487 e. The smallest absolute Gasteiger partial charge is 0.189 e. The van der Waals surface area contributed by atoms with Crippen molar-refractivity contribution >= 4 is 11.3 Å². The number of thiophene rings is 1. The van der Waals surface area contributed by atoms with E-state index in [0.29, 0.717) is 24.7 Å². The van der Waals surface area contributed by atoms with Gasteiger partial charge in [-0.3, -0.25) is 0 Å². The van der Waals surface area contributed by atoms with Gasteiger partial charge in [-0.05, 0) is 12.8 Å². The Balaban J connectivity index is 1.99. The second kappa shape index (κ2) is 13.7. The van der Waals surface area contributed by atoms with Crippen LogP contribution < -0.4 is 9.47 Å². The Labute approximate surface area is 189 Å². The highest BCUT2D eigenvalue weighted by Crippen LogP contribution is 2.46. The summed E-state index contributed by atoms with van der Waals surface area (Å²) in [5.41, 5.74) is 0.0595. The number of ether oxygens (including phenoxy) is 2. The first kappa shape index (κ1) is 24.7. The minimum absolute atomic E-state index is 0.0595. The van der Waals surface area contributed by atoms with Gasteiger partial charge in [0.2, 0.25) is 0 Å². The van der Waals surface area contributed by atoms with E-state index in [2.05, 4.69) is 25.7 Å². The first-order chi connectivity index (χ1) is 14.7. The van der Waals surface area contributed by atoms with Gasteiger partial charge in [-0.15, -0.1) is 24.2 Å². The molecule has 1 aliphatic rings. The van der Waals surface area contributed by atoms with Crippen LogP contribution in [-0.4, -0.2) is 13.2 Å². The second-order valence-corrected chi connectivity index (χ2v) is 9.84. The standard InChI is InChI=1S/C27H40O2S/c1-5-9-11-13-15-17-19-27(20-18-16-14-12-10-6-2)21-28-25-23(7-3)30-24(8-4)26(25)29-22-27/h3-4H,5-6,9-22H2,1-2H3. The number of hydrogen-bond acceptors (Lipinski definition) is 3. The van der Waals surface area contributed by atoms with Crippen molar-refractivity contribution in [3.05, 3.63) is 9.75 Å². The van der Waals surface area contributed by atoms with Crippen molar-refractivity contribution in [1.82, 2.24) is 0 Å². The molecule has 2 nitrogen and oxygen atoms in total. The molecule has 0 bridgehead atoms. The normalized spacial score (nSPS) is 14.7. The lowest BCUT2D eigenvalue weighted by Gasteiger charge is -2.31. The second-order valence-electron chi connectivity index (χ2n) is 8.82. The van der Waals surface area contributed by atoms with E-state index in [4.69, 9.17) is 22.3 Å². The molecule has 3 heteroatoms. The van der Waals surface area contributed by atoms with Crippen molar-refractivity contribution in [3.8, 4) is 36.2 Å². The molecule has 2 heterocycles. The minimum Gasteiger partial charge on any atom is -0.487 e. The van der Waals surface area contributed by atoms with Gasteiger partial charge >= 0.3 is 0 Å². The van der Waals surface area contributed by atoms with Crippen LogP contribution in [0.4, 0.5) is 0 Å². The van der Waals surface area contributed by atoms with E-state index >= 15 is 0 Å². The molecule has 1 aromatic heterocycles. The van der Waals surface area contributed by atoms with Crippen LogP contribution in [0.25, 0.3) is 0 Å². The molecule has 0 N–H and O–H groups in total. The zero-order valence-corrected chi connectivity index (χ0v) is 20.0. The first-order valence-electron chi connectivity index (χ1n) is 12.0. The molecule has 0 amide bonds. The fourth-order valence-electron chi connectivity index (χ4n) is 4.32. The van der Waals surface area contributed by atoms with Crippen molar-refractivity contribution in [1.29, 1.82) is 0 Å². The first-order valence-corrected chi connectivity index (χ1v) is 12.9. The van der Waals surface area contributed by atoms with E-state index in [-0.39, 0.29) is 5.41 Å². The highest BCUT2D eigenvalue weighted by molar-refractivity contribution is 7.13. The Morgan fingerprint density at radius 3 is 1.50 bits per heavy atom. The third kappa shape index (κ3) is 7.28. The monoisotopic (exact) mass is 428 g/mol. The Kier molecular flexibility index (Phi) is 11.2. The molecule has 1 aromatic rings. The van der Waals surface area contributed by atoms with Crippen molar-refractivity contribution in [2.45, 2.75) is 104 Å². The molecule has 0 aliphatic carbocycles. The lowest BCUT2D eigenvalue weighted by molar-refractivity contribution is 0.0781. The zero-order valence-electron chi connectivity index (χ0n) is 19.2. The zero-order chi connectivity index (χ0) is 21.7. The number of fused-ring (bicyclic) bond motifs is 1. The van der Waals surface area contributed by atoms with Crippen molar-refractivity contribution in [2.24, 2.45) is 5.41 Å². The van der Waals surface area contributed by atoms with Crippen LogP contribution in [0.5, 0.6) is 11.5 Å². The number of rotatable bonds is 14. The maximum Gasteiger partial charge on any atom is 0.189 e. The molecule has 0 unspecified atom stereocenters. The summed E-state index contributed by atoms with van der Waals surface area (Å²) in [6.07, 6.45) is 29.4. The van der Waals surface area contributed by atoms with E-state index in [1.165, 1.54) is 88.4 Å². The average molecular weight is 429 g/mol. The number of terminal acetylenes is 2. The molecule has 0 aromatic carbocycles. The van der Waals surface area contributed by atoms with Crippen molar-refractivity contribution < 1.29 is 9.47 Å². The summed E-state index contributed by atoms with van der Waals surface area (Å²) in [5.74, 6) is 6.85. The maximum atomic E-state index is 6.31. The summed E-state index contributed by atoms with van der Waals surface area (Å²) in [7, 11) is 0. The summed E-state index contributed by atoms with van der Waals surface area (Å²) < 4.78 is 12.6. The third-order valence-electron chi connectivity index (χ3n) is 6.25. The van der Waals surface area contributed by atoms with Gasteiger partial charge in [0.05, 0.1) is 13.2 Å². The van der Waals surface area contributed by atoms with Gasteiger partial charge in [0.1, 0.15) is 9.75 Å². The van der Waals surface area contributed by atoms with E-state index in [1.54, 1.807) is 0 Å². The molecule has 30 heavy (non-hydrogen) atoms. The lowest BCUT2D eigenvalue weighted by atomic mass is 9.79. The fourth-order valence-corrected chi connectivity index (χ4v) is 5.13. The molecule has 0 saturated heterocycles. The SMILES string of the molecule is C#Cc1sc(C#C)c2c1OCC(CCCCCCCC)(CCCCCCCC)CO2. The van der Waals surface area contributed by atoms with Gasteiger partial charge in [0, 0.05) is 5.41 Å². The average Bonchev–Trinajstić information content (AvgIpc) is 3.01. The van der Waals surface area contributed by atoms with Crippen molar-refractivity contribution in [2.75, 3.05) is 13.2 Å². The lowest BCUT2D eigenvalue weighted by Crippen LogP contribution is -2.33. The van der Waals surface area contributed by atoms with Crippen LogP contribution in [0.2, 0.25) is 0 Å². The Morgan fingerprint density at radius 1 is 0.700 bits per heavy atom. The highest BCUT2D eigenvalue weighted by atomic mass is 32.1. The van der Waals surface area contributed by atoms with Crippen LogP contribution in [0, 0.1) is 30.1 Å². The summed E-state index contributed by atoms with van der Waals surface area (Å²) >= 11 is 1.42. The van der Waals surface area contributed by atoms with E-state index in [9.17, 15) is 0 Å². The predicted molar refractivity (Wildman–Crippen MR) is 130 cm³/mol. The molecule has 1 aliphatic heterocycles. The van der Waals surface area contributed by atoms with E-state index < -0.39 is 0 Å². The minimum atomic E-state index is 0.0595. The number of unbranched alkanes of at least 4 members (excludes halogenated alkanes) is 10. The maximum absolute atomic E-state index is 6.31. The van der Waals surface area contributed by atoms with Gasteiger partial charge < -0.3 is 9.47 Å². The molecular weight excluding hydrogens is 388 g/mol. The van der Waals surface area contributed by atoms with E-state index in [0.717, 1.165) is 22.6 Å². The quantitative estimate of drug-likeness (QED) is 0.221. The molecule has 0 atom stereocenters. The highest BCUT2D eigenvalue weighted by Gasteiger charge is 2.36. The van der Waals surface area contributed by atoms with Crippen LogP contribution >= 0.6 is 11.3 Å². The van der Waals surface area contributed by atoms with Crippen LogP contribution in [0.1, 0.15) is 113 Å². The topological polar surface area (TPSA) is 18.5 Å². The molecule has 2 rings (SSSR count). The summed E-state index contributed by atoms with van der Waals surface area (Å²) in [4.78, 5) is 1.51. The Bertz CT molecular complexity index is 645. The van der Waals surface area contributed by atoms with Crippen LogP contribution in [0.15, 0.2) is 0 Å². The van der Waals surface area contributed by atoms with Crippen LogP contribution in [-0.2, 0) is 0 Å². The summed E-state index contributed by atoms with van der Waals surface area (Å²) in [5, 5.41) is 0. The van der Waals surface area contributed by atoms with Gasteiger partial charge in [-0.25, -0.2) is 0 Å². The third-order valence-corrected chi connectivity index (χ3v) is 7.27. The van der Waals surface area contributed by atoms with Crippen molar-refractivity contribution in [3.63, 3.8) is 0 Å². The van der Waals surface area contributed by atoms with Gasteiger partial charge in [0.15, 0.2) is 11.5 Å². The fraction of sp³-hybridized carbons (Fsp3) is 0.704. The van der Waals surface area contributed by atoms with Crippen LogP contribution in [0.3, 0.4) is 0 Å². The Morgan fingerprint density at radius 2 is 1.10 bits per heavy atom. The molecule has 0 spiro atoms. The molecule has 166 valence electrons. The molecule has 0 radical (unpaired) electrons. The van der Waals surface area contributed by atoms with Gasteiger partial charge in [-0.2, -0.15) is 0 Å². The molecule has 0 fully saturated rings. The molecular formula is C27H40O2S. The summed E-state index contributed by atoms with van der Waals surface area (Å²) in [6, 6.07) is 0. The summed E-state index contributed by atoms with van der Waals surface area (Å²) in [6.45, 7) is 5.89. The Hall–Kier alpha value is -1.58. The van der Waals surface area contributed by atoms with E-state index in [1.807, 2.05) is 0 Å². The number of hydrogen-bond donors (Lipinski definition) is 0. The van der Waals surface area contributed by atoms with Gasteiger partial charge in [0.25, 0.3) is 0 Å². The predicted octanol–water partition coefficient (Wildman–Crippen LogP) is 7.97. The van der Waals surface area contributed by atoms with Gasteiger partial charge in [-0.1, -0.05) is 103 Å².